The monoisotopic (exact) mass is 300 g/mol. The quantitative estimate of drug-likeness (QED) is 0.773. The summed E-state index contributed by atoms with van der Waals surface area (Å²) in [6.07, 6.45) is 4.09. The molecule has 118 valence electrons. The Balaban J connectivity index is 2.26. The molecule has 0 aromatic heterocycles. The number of hydrogen-bond donors (Lipinski definition) is 1. The van der Waals surface area contributed by atoms with E-state index in [0.29, 0.717) is 11.5 Å². The molecule has 0 saturated heterocycles. The summed E-state index contributed by atoms with van der Waals surface area (Å²) in [5, 5.41) is 10.1. The molecule has 2 aromatic carbocycles. The third-order valence-electron chi connectivity index (χ3n) is 3.53. The first kappa shape index (κ1) is 16.2. The number of rotatable bonds is 7. The maximum Gasteiger partial charge on any atom is 0.203 e. The minimum absolute atomic E-state index is 0.117. The van der Waals surface area contributed by atoms with Crippen molar-refractivity contribution in [2.24, 2.45) is 0 Å². The first-order chi connectivity index (χ1) is 10.7. The molecule has 3 heteroatoms. The molecule has 3 nitrogen and oxygen atoms in total. The van der Waals surface area contributed by atoms with E-state index in [9.17, 15) is 5.11 Å². The Morgan fingerprint density at radius 1 is 0.909 bits per heavy atom. The van der Waals surface area contributed by atoms with E-state index in [2.05, 4.69) is 26.0 Å². The Labute approximate surface area is 132 Å². The first-order valence-electron chi connectivity index (χ1n) is 7.84. The van der Waals surface area contributed by atoms with Crippen molar-refractivity contribution in [2.45, 2.75) is 39.5 Å². The first-order valence-corrected chi connectivity index (χ1v) is 7.84. The molecular weight excluding hydrogens is 276 g/mol. The van der Waals surface area contributed by atoms with Gasteiger partial charge in [0.05, 0.1) is 7.11 Å². The molecule has 0 aliphatic heterocycles. The highest BCUT2D eigenvalue weighted by atomic mass is 16.5. The van der Waals surface area contributed by atoms with Crippen molar-refractivity contribution in [3.63, 3.8) is 0 Å². The molecule has 0 fully saturated rings. The molecule has 1 N–H and O–H groups in total. The highest BCUT2D eigenvalue weighted by Gasteiger charge is 2.13. The van der Waals surface area contributed by atoms with Crippen molar-refractivity contribution < 1.29 is 14.6 Å². The molecule has 22 heavy (non-hydrogen) atoms. The predicted molar refractivity (Wildman–Crippen MR) is 89.2 cm³/mol. The number of phenolic OH excluding ortho intramolecular Hbond substituents is 1. The third kappa shape index (κ3) is 3.94. The summed E-state index contributed by atoms with van der Waals surface area (Å²) < 4.78 is 11.2. The van der Waals surface area contributed by atoms with Gasteiger partial charge in [0.15, 0.2) is 11.5 Å². The minimum atomic E-state index is 0.117. The van der Waals surface area contributed by atoms with Crippen LogP contribution in [0.2, 0.25) is 0 Å². The van der Waals surface area contributed by atoms with Gasteiger partial charge in [0.1, 0.15) is 5.75 Å². The van der Waals surface area contributed by atoms with E-state index in [1.165, 1.54) is 12.7 Å². The highest BCUT2D eigenvalue weighted by Crippen LogP contribution is 2.40. The highest BCUT2D eigenvalue weighted by molar-refractivity contribution is 5.54. The second-order valence-corrected chi connectivity index (χ2v) is 5.39. The van der Waals surface area contributed by atoms with Crippen molar-refractivity contribution >= 4 is 0 Å². The lowest BCUT2D eigenvalue weighted by atomic mass is 10.1. The van der Waals surface area contributed by atoms with Gasteiger partial charge in [0.25, 0.3) is 0 Å². The average molecular weight is 300 g/mol. The molecule has 0 heterocycles. The van der Waals surface area contributed by atoms with Crippen LogP contribution in [0.15, 0.2) is 36.4 Å². The lowest BCUT2D eigenvalue weighted by Gasteiger charge is -2.14. The fourth-order valence-electron chi connectivity index (χ4n) is 2.50. The molecule has 2 aromatic rings. The van der Waals surface area contributed by atoms with E-state index in [1.807, 2.05) is 18.2 Å². The Hall–Kier alpha value is -2.16. The van der Waals surface area contributed by atoms with E-state index < -0.39 is 0 Å². The van der Waals surface area contributed by atoms with Gasteiger partial charge in [0, 0.05) is 0 Å². The van der Waals surface area contributed by atoms with E-state index in [0.717, 1.165) is 37.0 Å². The Morgan fingerprint density at radius 3 is 2.14 bits per heavy atom. The van der Waals surface area contributed by atoms with E-state index in [4.69, 9.17) is 9.47 Å². The van der Waals surface area contributed by atoms with Crippen LogP contribution in [0.3, 0.4) is 0 Å². The average Bonchev–Trinajstić information content (AvgIpc) is 2.50. The second-order valence-electron chi connectivity index (χ2n) is 5.39. The summed E-state index contributed by atoms with van der Waals surface area (Å²) in [7, 11) is 1.53. The van der Waals surface area contributed by atoms with Crippen LogP contribution in [0.4, 0.5) is 0 Å². The molecule has 0 radical (unpaired) electrons. The number of methoxy groups -OCH3 is 1. The van der Waals surface area contributed by atoms with Crippen LogP contribution in [0, 0.1) is 0 Å². The van der Waals surface area contributed by atoms with Crippen molar-refractivity contribution in [1.29, 1.82) is 0 Å². The lowest BCUT2D eigenvalue weighted by molar-refractivity contribution is 0.348. The number of hydrogen-bond acceptors (Lipinski definition) is 3. The Kier molecular flexibility index (Phi) is 5.70. The molecule has 2 rings (SSSR count). The number of aryl methyl sites for hydroxylation is 2. The van der Waals surface area contributed by atoms with Crippen molar-refractivity contribution in [3.05, 3.63) is 47.5 Å². The fourth-order valence-corrected chi connectivity index (χ4v) is 2.50. The molecule has 0 spiro atoms. The smallest absolute Gasteiger partial charge is 0.203 e. The number of benzene rings is 2. The van der Waals surface area contributed by atoms with Crippen LogP contribution < -0.4 is 9.47 Å². The summed E-state index contributed by atoms with van der Waals surface area (Å²) in [4.78, 5) is 0. The zero-order valence-electron chi connectivity index (χ0n) is 13.6. The fraction of sp³-hybridized carbons (Fsp3) is 0.368. The van der Waals surface area contributed by atoms with Gasteiger partial charge in [-0.1, -0.05) is 38.8 Å². The summed E-state index contributed by atoms with van der Waals surface area (Å²) in [5.74, 6) is 1.78. The molecule has 0 aliphatic carbocycles. The van der Waals surface area contributed by atoms with Gasteiger partial charge in [0.2, 0.25) is 5.75 Å². The predicted octanol–water partition coefficient (Wildman–Crippen LogP) is 5.10. The lowest BCUT2D eigenvalue weighted by Crippen LogP contribution is -1.94. The van der Waals surface area contributed by atoms with Crippen LogP contribution in [0.1, 0.15) is 37.8 Å². The summed E-state index contributed by atoms with van der Waals surface area (Å²) in [6.45, 7) is 4.27. The maximum atomic E-state index is 10.1. The van der Waals surface area contributed by atoms with E-state index >= 15 is 0 Å². The molecule has 0 atom stereocenters. The number of aromatic hydroxyl groups is 1. The summed E-state index contributed by atoms with van der Waals surface area (Å²) >= 11 is 0. The molecular formula is C19H24O3. The van der Waals surface area contributed by atoms with E-state index in [1.54, 1.807) is 6.07 Å². The van der Waals surface area contributed by atoms with Crippen LogP contribution in [0.25, 0.3) is 0 Å². The minimum Gasteiger partial charge on any atom is -0.504 e. The number of ether oxygens (including phenoxy) is 2. The van der Waals surface area contributed by atoms with Gasteiger partial charge < -0.3 is 14.6 Å². The van der Waals surface area contributed by atoms with Crippen LogP contribution in [-0.4, -0.2) is 12.2 Å². The third-order valence-corrected chi connectivity index (χ3v) is 3.53. The van der Waals surface area contributed by atoms with Crippen molar-refractivity contribution in [3.8, 4) is 23.0 Å². The van der Waals surface area contributed by atoms with Crippen LogP contribution >= 0.6 is 0 Å². The summed E-state index contributed by atoms with van der Waals surface area (Å²) in [5.41, 5.74) is 2.34. The van der Waals surface area contributed by atoms with Crippen LogP contribution in [-0.2, 0) is 12.8 Å². The van der Waals surface area contributed by atoms with Crippen LogP contribution in [0.5, 0.6) is 23.0 Å². The summed E-state index contributed by atoms with van der Waals surface area (Å²) in [6, 6.07) is 11.7. The zero-order valence-corrected chi connectivity index (χ0v) is 13.6. The zero-order chi connectivity index (χ0) is 15.9. The number of phenols is 1. The Bertz CT molecular complexity index is 603. The van der Waals surface area contributed by atoms with Gasteiger partial charge in [-0.2, -0.15) is 0 Å². The van der Waals surface area contributed by atoms with Gasteiger partial charge in [-0.25, -0.2) is 0 Å². The molecule has 0 saturated carbocycles. The van der Waals surface area contributed by atoms with Gasteiger partial charge in [-0.15, -0.1) is 0 Å². The SMILES string of the molecule is CCCc1ccc(Oc2cc(CCC)cc(O)c2OC)cc1. The molecule has 0 aliphatic rings. The normalized spacial score (nSPS) is 10.5. The largest absolute Gasteiger partial charge is 0.504 e. The Morgan fingerprint density at radius 2 is 1.55 bits per heavy atom. The molecule has 0 amide bonds. The molecule has 0 bridgehead atoms. The van der Waals surface area contributed by atoms with Gasteiger partial charge in [-0.05, 0) is 48.2 Å². The maximum absolute atomic E-state index is 10.1. The standard InChI is InChI=1S/C19H24O3/c1-4-6-14-8-10-16(11-9-14)22-18-13-15(7-5-2)12-17(20)19(18)21-3/h8-13,20H,4-7H2,1-3H3. The van der Waals surface area contributed by atoms with E-state index in [-0.39, 0.29) is 5.75 Å². The van der Waals surface area contributed by atoms with Gasteiger partial charge in [-0.3, -0.25) is 0 Å². The molecule has 0 unspecified atom stereocenters. The topological polar surface area (TPSA) is 38.7 Å². The van der Waals surface area contributed by atoms with Crippen molar-refractivity contribution in [1.82, 2.24) is 0 Å². The second kappa shape index (κ2) is 7.74. The van der Waals surface area contributed by atoms with Gasteiger partial charge >= 0.3 is 0 Å². The van der Waals surface area contributed by atoms with Crippen molar-refractivity contribution in [2.75, 3.05) is 7.11 Å².